The summed E-state index contributed by atoms with van der Waals surface area (Å²) in [6.07, 6.45) is 7.26. The second kappa shape index (κ2) is 10.1. The quantitative estimate of drug-likeness (QED) is 0.256. The van der Waals surface area contributed by atoms with Gasteiger partial charge in [0.05, 0.1) is 37.3 Å². The molecular formula is C27H24N2O5S. The molecule has 1 amide bonds. The fraction of sp³-hybridized carbons (Fsp3) is 0.222. The van der Waals surface area contributed by atoms with Crippen LogP contribution < -0.4 is 5.32 Å². The number of aryl methyl sites for hydroxylation is 1. The first-order valence-corrected chi connectivity index (χ1v) is 12.2. The maximum Gasteiger partial charge on any atom is 0.337 e. The molecule has 1 aliphatic carbocycles. The number of carbonyl (C=O) groups excluding carboxylic acids is 2. The summed E-state index contributed by atoms with van der Waals surface area (Å²) in [5.74, 6) is 1.31. The largest absolute Gasteiger partial charge is 0.467 e. The van der Waals surface area contributed by atoms with E-state index < -0.39 is 5.97 Å². The van der Waals surface area contributed by atoms with Crippen molar-refractivity contribution in [2.24, 2.45) is 4.99 Å². The molecule has 0 radical (unpaired) electrons. The van der Waals surface area contributed by atoms with Gasteiger partial charge in [-0.1, -0.05) is 12.1 Å². The van der Waals surface area contributed by atoms with Gasteiger partial charge in [0, 0.05) is 10.4 Å². The molecule has 35 heavy (non-hydrogen) atoms. The van der Waals surface area contributed by atoms with Crippen LogP contribution in [0.2, 0.25) is 0 Å². The third kappa shape index (κ3) is 4.97. The van der Waals surface area contributed by atoms with Crippen molar-refractivity contribution in [1.29, 1.82) is 0 Å². The summed E-state index contributed by atoms with van der Waals surface area (Å²) in [6, 6.07) is 14.3. The predicted molar refractivity (Wildman–Crippen MR) is 134 cm³/mol. The van der Waals surface area contributed by atoms with E-state index in [1.165, 1.54) is 12.0 Å². The molecule has 3 aromatic heterocycles. The first kappa shape index (κ1) is 22.9. The third-order valence-corrected chi connectivity index (χ3v) is 7.09. The predicted octanol–water partition coefficient (Wildman–Crippen LogP) is 5.95. The van der Waals surface area contributed by atoms with Gasteiger partial charge in [-0.05, 0) is 67.6 Å². The molecule has 5 rings (SSSR count). The average Bonchev–Trinajstić information content (AvgIpc) is 3.65. The van der Waals surface area contributed by atoms with E-state index in [4.69, 9.17) is 13.6 Å². The van der Waals surface area contributed by atoms with Gasteiger partial charge in [0.15, 0.2) is 0 Å². The summed E-state index contributed by atoms with van der Waals surface area (Å²) >= 11 is 1.57. The lowest BCUT2D eigenvalue weighted by atomic mass is 9.95. The number of furan rings is 2. The molecule has 1 aromatic carbocycles. The fourth-order valence-corrected chi connectivity index (χ4v) is 5.39. The smallest absolute Gasteiger partial charge is 0.337 e. The second-order valence-electron chi connectivity index (χ2n) is 8.19. The Hall–Kier alpha value is -3.91. The van der Waals surface area contributed by atoms with Gasteiger partial charge in [-0.25, -0.2) is 9.79 Å². The van der Waals surface area contributed by atoms with Crippen molar-refractivity contribution in [2.45, 2.75) is 32.2 Å². The molecule has 8 heteroatoms. The summed E-state index contributed by atoms with van der Waals surface area (Å²) < 4.78 is 16.1. The van der Waals surface area contributed by atoms with E-state index in [0.717, 1.165) is 36.8 Å². The zero-order valence-corrected chi connectivity index (χ0v) is 20.0. The average molecular weight is 489 g/mol. The van der Waals surface area contributed by atoms with Crippen LogP contribution in [0.1, 0.15) is 55.5 Å². The van der Waals surface area contributed by atoms with E-state index in [2.05, 4.69) is 10.3 Å². The van der Waals surface area contributed by atoms with E-state index in [9.17, 15) is 9.59 Å². The van der Waals surface area contributed by atoms with E-state index in [1.54, 1.807) is 48.1 Å². The van der Waals surface area contributed by atoms with Gasteiger partial charge < -0.3 is 18.9 Å². The minimum absolute atomic E-state index is 0.146. The molecule has 4 aromatic rings. The van der Waals surface area contributed by atoms with Gasteiger partial charge in [0.25, 0.3) is 5.91 Å². The van der Waals surface area contributed by atoms with Gasteiger partial charge in [-0.2, -0.15) is 0 Å². The fourth-order valence-electron chi connectivity index (χ4n) is 4.16. The molecule has 3 heterocycles. The van der Waals surface area contributed by atoms with Gasteiger partial charge in [0.2, 0.25) is 0 Å². The lowest BCUT2D eigenvalue weighted by molar-refractivity contribution is 0.0600. The number of amides is 1. The number of methoxy groups -OCH3 is 1. The van der Waals surface area contributed by atoms with Crippen LogP contribution in [0.4, 0.5) is 5.00 Å². The molecule has 7 nitrogen and oxygen atoms in total. The van der Waals surface area contributed by atoms with Crippen molar-refractivity contribution in [2.75, 3.05) is 7.11 Å². The normalized spacial score (nSPS) is 13.1. The summed E-state index contributed by atoms with van der Waals surface area (Å²) in [5.41, 5.74) is 2.96. The van der Waals surface area contributed by atoms with Crippen LogP contribution in [0.5, 0.6) is 0 Å². The number of benzene rings is 1. The highest BCUT2D eigenvalue weighted by Gasteiger charge is 2.25. The SMILES string of the molecule is COC(=O)c1cccc(-c2ccc(C=Nc3sc4c(c3C(=O)NCc3ccco3)CCCC4)o2)c1. The molecule has 1 aliphatic rings. The van der Waals surface area contributed by atoms with Crippen LogP contribution in [0.15, 0.2) is 68.6 Å². The number of hydrogen-bond acceptors (Lipinski definition) is 7. The molecule has 0 atom stereocenters. The highest BCUT2D eigenvalue weighted by Crippen LogP contribution is 2.40. The minimum atomic E-state index is -0.403. The number of rotatable bonds is 7. The number of carbonyl (C=O) groups is 2. The number of ether oxygens (including phenoxy) is 1. The molecule has 1 N–H and O–H groups in total. The Kier molecular flexibility index (Phi) is 6.63. The van der Waals surface area contributed by atoms with Crippen LogP contribution in [0.25, 0.3) is 11.3 Å². The van der Waals surface area contributed by atoms with Gasteiger partial charge in [-0.3, -0.25) is 4.79 Å². The number of nitrogens with zero attached hydrogens (tertiary/aromatic N) is 1. The Labute approximate surface area is 206 Å². The van der Waals surface area contributed by atoms with Gasteiger partial charge in [-0.15, -0.1) is 11.3 Å². The Bertz CT molecular complexity index is 1380. The molecule has 0 spiro atoms. The molecule has 0 unspecified atom stereocenters. The monoisotopic (exact) mass is 488 g/mol. The van der Waals surface area contributed by atoms with Crippen molar-refractivity contribution in [1.82, 2.24) is 5.32 Å². The second-order valence-corrected chi connectivity index (χ2v) is 9.27. The van der Waals surface area contributed by atoms with Crippen molar-refractivity contribution >= 4 is 34.4 Å². The maximum absolute atomic E-state index is 13.1. The molecule has 0 bridgehead atoms. The lowest BCUT2D eigenvalue weighted by Gasteiger charge is -2.12. The zero-order chi connectivity index (χ0) is 24.2. The molecule has 178 valence electrons. The lowest BCUT2D eigenvalue weighted by Crippen LogP contribution is -2.23. The van der Waals surface area contributed by atoms with E-state index in [0.29, 0.717) is 40.0 Å². The van der Waals surface area contributed by atoms with Crippen molar-refractivity contribution < 1.29 is 23.2 Å². The molecule has 0 saturated carbocycles. The number of thiophene rings is 1. The summed E-state index contributed by atoms with van der Waals surface area (Å²) in [7, 11) is 1.35. The number of aliphatic imine (C=N–C) groups is 1. The third-order valence-electron chi connectivity index (χ3n) is 5.89. The van der Waals surface area contributed by atoms with Crippen molar-refractivity contribution in [3.8, 4) is 11.3 Å². The minimum Gasteiger partial charge on any atom is -0.467 e. The van der Waals surface area contributed by atoms with Crippen LogP contribution in [-0.2, 0) is 24.1 Å². The van der Waals surface area contributed by atoms with E-state index >= 15 is 0 Å². The number of nitrogens with one attached hydrogen (secondary N) is 1. The summed E-state index contributed by atoms with van der Waals surface area (Å²) in [6.45, 7) is 0.325. The van der Waals surface area contributed by atoms with Crippen molar-refractivity contribution in [3.63, 3.8) is 0 Å². The topological polar surface area (TPSA) is 94.0 Å². The first-order chi connectivity index (χ1) is 17.1. The summed E-state index contributed by atoms with van der Waals surface area (Å²) in [5, 5.41) is 3.64. The highest BCUT2D eigenvalue weighted by molar-refractivity contribution is 7.16. The Morgan fingerprint density at radius 3 is 2.86 bits per heavy atom. The van der Waals surface area contributed by atoms with Crippen LogP contribution >= 0.6 is 11.3 Å². The van der Waals surface area contributed by atoms with Crippen LogP contribution in [-0.4, -0.2) is 25.2 Å². The van der Waals surface area contributed by atoms with Crippen molar-refractivity contribution in [3.05, 3.63) is 87.9 Å². The van der Waals surface area contributed by atoms with Crippen LogP contribution in [0.3, 0.4) is 0 Å². The van der Waals surface area contributed by atoms with E-state index in [-0.39, 0.29) is 5.91 Å². The molecular weight excluding hydrogens is 464 g/mol. The zero-order valence-electron chi connectivity index (χ0n) is 19.2. The number of fused-ring (bicyclic) bond motifs is 1. The van der Waals surface area contributed by atoms with Gasteiger partial charge in [0.1, 0.15) is 22.3 Å². The Morgan fingerprint density at radius 2 is 2.03 bits per heavy atom. The number of hydrogen-bond donors (Lipinski definition) is 1. The first-order valence-electron chi connectivity index (χ1n) is 11.4. The molecule has 0 fully saturated rings. The number of esters is 1. The van der Waals surface area contributed by atoms with Gasteiger partial charge >= 0.3 is 5.97 Å². The standard InChI is InChI=1S/C27H24N2O5S/c1-32-27(31)18-7-4-6-17(14-18)22-12-11-20(34-22)16-29-26-24(21-9-2-3-10-23(21)35-26)25(30)28-15-19-8-5-13-33-19/h4-8,11-14,16H,2-3,9-10,15H2,1H3,(H,28,30). The highest BCUT2D eigenvalue weighted by atomic mass is 32.1. The molecule has 0 aliphatic heterocycles. The Morgan fingerprint density at radius 1 is 1.14 bits per heavy atom. The Balaban J connectivity index is 1.38. The summed E-state index contributed by atoms with van der Waals surface area (Å²) in [4.78, 5) is 30.8. The maximum atomic E-state index is 13.1. The van der Waals surface area contributed by atoms with E-state index in [1.807, 2.05) is 24.3 Å². The van der Waals surface area contributed by atoms with Crippen LogP contribution in [0, 0.1) is 0 Å². The molecule has 0 saturated heterocycles.